The second-order valence-corrected chi connectivity index (χ2v) is 3.50. The summed E-state index contributed by atoms with van der Waals surface area (Å²) in [4.78, 5) is 21.7. The molecule has 0 saturated heterocycles. The quantitative estimate of drug-likeness (QED) is 0.817. The largest absolute Gasteiger partial charge is 0.479 e. The molecule has 0 aromatic heterocycles. The molecule has 1 atom stereocenters. The lowest BCUT2D eigenvalue weighted by atomic mass is 10.0. The van der Waals surface area contributed by atoms with Crippen LogP contribution in [-0.4, -0.2) is 17.0 Å². The van der Waals surface area contributed by atoms with E-state index in [1.54, 1.807) is 6.92 Å². The van der Waals surface area contributed by atoms with Crippen LogP contribution in [0.25, 0.3) is 0 Å². The lowest BCUT2D eigenvalue weighted by Crippen LogP contribution is -2.32. The van der Waals surface area contributed by atoms with Crippen LogP contribution in [0.5, 0.6) is 0 Å². The van der Waals surface area contributed by atoms with E-state index >= 15 is 0 Å². The monoisotopic (exact) mass is 225 g/mol. The summed E-state index contributed by atoms with van der Waals surface area (Å²) < 4.78 is 13.4. The second-order valence-electron chi connectivity index (χ2n) is 3.50. The molecule has 0 saturated carbocycles. The molecule has 0 spiro atoms. The maximum absolute atomic E-state index is 13.4. The van der Waals surface area contributed by atoms with E-state index in [9.17, 15) is 14.0 Å². The molecule has 0 heterocycles. The molecular formula is C11H12FNO3. The molecule has 1 aromatic carbocycles. The molecular weight excluding hydrogens is 213 g/mol. The van der Waals surface area contributed by atoms with Gasteiger partial charge in [0.1, 0.15) is 5.82 Å². The van der Waals surface area contributed by atoms with Gasteiger partial charge >= 0.3 is 5.97 Å². The van der Waals surface area contributed by atoms with Crippen LogP contribution >= 0.6 is 0 Å². The Bertz CT molecular complexity index is 431. The predicted molar refractivity (Wildman–Crippen MR) is 55.3 cm³/mol. The van der Waals surface area contributed by atoms with Crippen LogP contribution < -0.4 is 5.32 Å². The van der Waals surface area contributed by atoms with E-state index in [1.165, 1.54) is 25.1 Å². The first-order valence-corrected chi connectivity index (χ1v) is 4.67. The average molecular weight is 225 g/mol. The van der Waals surface area contributed by atoms with Crippen molar-refractivity contribution in [3.63, 3.8) is 0 Å². The Morgan fingerprint density at radius 2 is 2.06 bits per heavy atom. The number of hydrogen-bond donors (Lipinski definition) is 2. The summed E-state index contributed by atoms with van der Waals surface area (Å²) in [6.45, 7) is 2.90. The van der Waals surface area contributed by atoms with E-state index in [4.69, 9.17) is 5.11 Å². The summed E-state index contributed by atoms with van der Waals surface area (Å²) in [7, 11) is 0. The average Bonchev–Trinajstić information content (AvgIpc) is 2.18. The number of carbonyl (C=O) groups is 2. The van der Waals surface area contributed by atoms with Crippen LogP contribution in [0.3, 0.4) is 0 Å². The third kappa shape index (κ3) is 2.79. The third-order valence-corrected chi connectivity index (χ3v) is 2.06. The maximum Gasteiger partial charge on any atom is 0.331 e. The fourth-order valence-electron chi connectivity index (χ4n) is 1.36. The number of carboxylic acid groups (broad SMARTS) is 1. The summed E-state index contributed by atoms with van der Waals surface area (Å²) in [5, 5.41) is 11.1. The summed E-state index contributed by atoms with van der Waals surface area (Å²) in [5.41, 5.74) is 0.690. The predicted octanol–water partition coefficient (Wildman–Crippen LogP) is 1.40. The normalized spacial score (nSPS) is 11.9. The molecule has 0 aliphatic heterocycles. The maximum atomic E-state index is 13.4. The molecule has 0 radical (unpaired) electrons. The molecule has 0 fully saturated rings. The fourth-order valence-corrected chi connectivity index (χ4v) is 1.36. The van der Waals surface area contributed by atoms with Crippen LogP contribution in [0, 0.1) is 12.7 Å². The van der Waals surface area contributed by atoms with E-state index in [0.29, 0.717) is 0 Å². The Morgan fingerprint density at radius 1 is 1.44 bits per heavy atom. The number of benzene rings is 1. The molecule has 0 aliphatic rings. The number of halogens is 1. The van der Waals surface area contributed by atoms with Gasteiger partial charge in [-0.25, -0.2) is 9.18 Å². The van der Waals surface area contributed by atoms with Gasteiger partial charge in [-0.15, -0.1) is 0 Å². The Hall–Kier alpha value is -1.91. The van der Waals surface area contributed by atoms with Gasteiger partial charge in [-0.3, -0.25) is 4.79 Å². The van der Waals surface area contributed by atoms with Crippen molar-refractivity contribution in [1.29, 1.82) is 0 Å². The highest BCUT2D eigenvalue weighted by Gasteiger charge is 2.23. The number of carbonyl (C=O) groups excluding carboxylic acids is 1. The number of amides is 1. The zero-order valence-corrected chi connectivity index (χ0v) is 8.95. The van der Waals surface area contributed by atoms with E-state index < -0.39 is 23.7 Å². The van der Waals surface area contributed by atoms with Crippen LogP contribution in [-0.2, 0) is 9.59 Å². The fraction of sp³-hybridized carbons (Fsp3) is 0.273. The first-order valence-electron chi connectivity index (χ1n) is 4.67. The first-order chi connectivity index (χ1) is 7.41. The lowest BCUT2D eigenvalue weighted by molar-refractivity contribution is -0.141. The minimum absolute atomic E-state index is 0.0392. The smallest absolute Gasteiger partial charge is 0.331 e. The molecule has 1 rings (SSSR count). The van der Waals surface area contributed by atoms with Crippen LogP contribution in [0.1, 0.15) is 24.1 Å². The van der Waals surface area contributed by atoms with Gasteiger partial charge in [0.2, 0.25) is 5.91 Å². The first kappa shape index (κ1) is 12.2. The van der Waals surface area contributed by atoms with E-state index in [1.807, 2.05) is 0 Å². The molecule has 16 heavy (non-hydrogen) atoms. The highest BCUT2D eigenvalue weighted by atomic mass is 19.1. The standard InChI is InChI=1S/C11H12FNO3/c1-6-3-4-9(12)8(5-6)10(11(15)16)13-7(2)14/h3-5,10H,1-2H3,(H,13,14)(H,15,16). The topological polar surface area (TPSA) is 66.4 Å². The highest BCUT2D eigenvalue weighted by Crippen LogP contribution is 2.19. The van der Waals surface area contributed by atoms with E-state index in [0.717, 1.165) is 5.56 Å². The van der Waals surface area contributed by atoms with Gasteiger partial charge in [-0.1, -0.05) is 17.7 Å². The van der Waals surface area contributed by atoms with Gasteiger partial charge in [-0.2, -0.15) is 0 Å². The van der Waals surface area contributed by atoms with Gasteiger partial charge in [-0.05, 0) is 13.0 Å². The summed E-state index contributed by atoms with van der Waals surface area (Å²) in [6, 6.07) is 2.77. The minimum atomic E-state index is -1.35. The Morgan fingerprint density at radius 3 is 2.56 bits per heavy atom. The Kier molecular flexibility index (Phi) is 3.60. The molecule has 1 unspecified atom stereocenters. The van der Waals surface area contributed by atoms with Gasteiger partial charge in [0.15, 0.2) is 6.04 Å². The molecule has 1 amide bonds. The van der Waals surface area contributed by atoms with Crippen molar-refractivity contribution in [2.75, 3.05) is 0 Å². The summed E-state index contributed by atoms with van der Waals surface area (Å²) >= 11 is 0. The SMILES string of the molecule is CC(=O)NC(C(=O)O)c1cc(C)ccc1F. The summed E-state index contributed by atoms with van der Waals surface area (Å²) in [6.07, 6.45) is 0. The van der Waals surface area contributed by atoms with Crippen molar-refractivity contribution in [2.24, 2.45) is 0 Å². The Labute approximate surface area is 92.1 Å². The third-order valence-electron chi connectivity index (χ3n) is 2.06. The zero-order valence-electron chi connectivity index (χ0n) is 8.95. The Balaban J connectivity index is 3.14. The van der Waals surface area contributed by atoms with Gasteiger partial charge in [0.25, 0.3) is 0 Å². The molecule has 1 aromatic rings. The van der Waals surface area contributed by atoms with E-state index in [-0.39, 0.29) is 5.56 Å². The molecule has 0 bridgehead atoms. The molecule has 5 heteroatoms. The second kappa shape index (κ2) is 4.74. The summed E-state index contributed by atoms with van der Waals surface area (Å²) in [5.74, 6) is -2.46. The van der Waals surface area contributed by atoms with E-state index in [2.05, 4.69) is 5.32 Å². The van der Waals surface area contributed by atoms with Crippen molar-refractivity contribution < 1.29 is 19.1 Å². The molecule has 0 aliphatic carbocycles. The van der Waals surface area contributed by atoms with Gasteiger partial charge < -0.3 is 10.4 Å². The van der Waals surface area contributed by atoms with Crippen molar-refractivity contribution in [1.82, 2.24) is 5.32 Å². The molecule has 86 valence electrons. The number of nitrogens with one attached hydrogen (secondary N) is 1. The number of aliphatic carboxylic acids is 1. The van der Waals surface area contributed by atoms with Crippen molar-refractivity contribution in [2.45, 2.75) is 19.9 Å². The zero-order chi connectivity index (χ0) is 12.3. The number of aryl methyl sites for hydroxylation is 1. The van der Waals surface area contributed by atoms with Crippen LogP contribution in [0.2, 0.25) is 0 Å². The van der Waals surface area contributed by atoms with Gasteiger partial charge in [0, 0.05) is 12.5 Å². The molecule has 4 nitrogen and oxygen atoms in total. The number of rotatable bonds is 3. The van der Waals surface area contributed by atoms with Crippen molar-refractivity contribution >= 4 is 11.9 Å². The lowest BCUT2D eigenvalue weighted by Gasteiger charge is -2.14. The van der Waals surface area contributed by atoms with Crippen molar-refractivity contribution in [3.05, 3.63) is 35.1 Å². The van der Waals surface area contributed by atoms with Crippen LogP contribution in [0.15, 0.2) is 18.2 Å². The number of carboxylic acids is 1. The van der Waals surface area contributed by atoms with Gasteiger partial charge in [0.05, 0.1) is 0 Å². The van der Waals surface area contributed by atoms with Crippen LogP contribution in [0.4, 0.5) is 4.39 Å². The highest BCUT2D eigenvalue weighted by molar-refractivity contribution is 5.83. The van der Waals surface area contributed by atoms with Crippen molar-refractivity contribution in [3.8, 4) is 0 Å². The molecule has 2 N–H and O–H groups in total. The number of hydrogen-bond acceptors (Lipinski definition) is 2. The minimum Gasteiger partial charge on any atom is -0.479 e.